The number of carbonyl (C=O) groups excluding carboxylic acids is 2. The molecule has 0 unspecified atom stereocenters. The van der Waals surface area contributed by atoms with Gasteiger partial charge in [-0.05, 0) is 18.1 Å². The third kappa shape index (κ3) is 4.48. The lowest BCUT2D eigenvalue weighted by Crippen LogP contribution is -2.47. The van der Waals surface area contributed by atoms with Crippen LogP contribution in [0.15, 0.2) is 29.2 Å². The van der Waals surface area contributed by atoms with Crippen molar-refractivity contribution in [3.8, 4) is 0 Å². The number of para-hydroxylation sites is 1. The van der Waals surface area contributed by atoms with Crippen LogP contribution in [-0.2, 0) is 14.4 Å². The summed E-state index contributed by atoms with van der Waals surface area (Å²) in [5.74, 6) is -1.11. The fourth-order valence-corrected chi connectivity index (χ4v) is 3.36. The molecule has 0 bridgehead atoms. The Balaban J connectivity index is 2.17. The van der Waals surface area contributed by atoms with Crippen LogP contribution in [0.25, 0.3) is 0 Å². The standard InChI is InChI=1S/C16H20N2O4S/c1-11(2)7-17(9-16(21)22)14(19)8-18-12-5-3-4-6-13(12)23-10-15(18)20/h3-6,11H,7-10H2,1-2H3,(H,21,22). The highest BCUT2D eigenvalue weighted by Gasteiger charge is 2.28. The van der Waals surface area contributed by atoms with Gasteiger partial charge in [0.1, 0.15) is 13.1 Å². The highest BCUT2D eigenvalue weighted by Crippen LogP contribution is 2.34. The molecule has 1 aromatic carbocycles. The number of thioether (sulfide) groups is 1. The number of carbonyl (C=O) groups is 3. The van der Waals surface area contributed by atoms with Crippen molar-refractivity contribution in [2.45, 2.75) is 18.7 Å². The zero-order chi connectivity index (χ0) is 17.0. The molecule has 23 heavy (non-hydrogen) atoms. The van der Waals surface area contributed by atoms with Gasteiger partial charge in [0, 0.05) is 11.4 Å². The van der Waals surface area contributed by atoms with Crippen LogP contribution in [-0.4, -0.2) is 53.2 Å². The van der Waals surface area contributed by atoms with E-state index in [1.807, 2.05) is 32.0 Å². The largest absolute Gasteiger partial charge is 0.480 e. The molecule has 0 saturated carbocycles. The van der Waals surface area contributed by atoms with Crippen LogP contribution >= 0.6 is 11.8 Å². The molecule has 0 radical (unpaired) electrons. The van der Waals surface area contributed by atoms with E-state index < -0.39 is 5.97 Å². The minimum atomic E-state index is -1.06. The van der Waals surface area contributed by atoms with Gasteiger partial charge in [-0.2, -0.15) is 0 Å². The SMILES string of the molecule is CC(C)CN(CC(=O)O)C(=O)CN1C(=O)CSc2ccccc21. The molecule has 1 aliphatic heterocycles. The number of nitrogens with zero attached hydrogens (tertiary/aromatic N) is 2. The van der Waals surface area contributed by atoms with Crippen molar-refractivity contribution in [3.05, 3.63) is 24.3 Å². The Kier molecular flexibility index (Phi) is 5.65. The fourth-order valence-electron chi connectivity index (χ4n) is 2.42. The zero-order valence-electron chi connectivity index (χ0n) is 13.2. The van der Waals surface area contributed by atoms with Crippen LogP contribution in [0.2, 0.25) is 0 Å². The van der Waals surface area contributed by atoms with Gasteiger partial charge in [0.2, 0.25) is 11.8 Å². The molecule has 1 N–H and O–H groups in total. The van der Waals surface area contributed by atoms with E-state index in [2.05, 4.69) is 0 Å². The lowest BCUT2D eigenvalue weighted by atomic mass is 10.2. The summed E-state index contributed by atoms with van der Waals surface area (Å²) >= 11 is 1.45. The smallest absolute Gasteiger partial charge is 0.323 e. The summed E-state index contributed by atoms with van der Waals surface area (Å²) in [6.45, 7) is 3.70. The van der Waals surface area contributed by atoms with E-state index in [-0.39, 0.29) is 36.6 Å². The number of carboxylic acids is 1. The van der Waals surface area contributed by atoms with Crippen LogP contribution in [0, 0.1) is 5.92 Å². The molecular formula is C16H20N2O4S. The number of aliphatic carboxylic acids is 1. The number of amides is 2. The number of carboxylic acid groups (broad SMARTS) is 1. The molecular weight excluding hydrogens is 316 g/mol. The second-order valence-electron chi connectivity index (χ2n) is 5.80. The maximum Gasteiger partial charge on any atom is 0.323 e. The van der Waals surface area contributed by atoms with Crippen molar-refractivity contribution in [2.75, 3.05) is 30.3 Å². The summed E-state index contributed by atoms with van der Waals surface area (Å²) in [6.07, 6.45) is 0. The van der Waals surface area contributed by atoms with Crippen LogP contribution in [0.5, 0.6) is 0 Å². The number of anilines is 1. The summed E-state index contributed by atoms with van der Waals surface area (Å²) in [4.78, 5) is 39.3. The van der Waals surface area contributed by atoms with E-state index in [9.17, 15) is 14.4 Å². The molecule has 1 aromatic rings. The third-order valence-corrected chi connectivity index (χ3v) is 4.41. The normalized spacial score (nSPS) is 13.9. The van der Waals surface area contributed by atoms with E-state index in [0.717, 1.165) is 4.90 Å². The number of hydrogen-bond acceptors (Lipinski definition) is 4. The van der Waals surface area contributed by atoms with Gasteiger partial charge in [-0.1, -0.05) is 26.0 Å². The second kappa shape index (κ2) is 7.50. The molecule has 0 aliphatic carbocycles. The number of hydrogen-bond donors (Lipinski definition) is 1. The molecule has 1 aliphatic rings. The predicted octanol–water partition coefficient (Wildman–Crippen LogP) is 1.69. The molecule has 0 fully saturated rings. The van der Waals surface area contributed by atoms with E-state index >= 15 is 0 Å². The van der Waals surface area contributed by atoms with Crippen molar-refractivity contribution in [1.82, 2.24) is 4.90 Å². The first kappa shape index (κ1) is 17.3. The van der Waals surface area contributed by atoms with Gasteiger partial charge in [0.15, 0.2) is 0 Å². The molecule has 6 nitrogen and oxygen atoms in total. The molecule has 0 spiro atoms. The molecule has 2 rings (SSSR count). The first-order chi connectivity index (χ1) is 10.9. The van der Waals surface area contributed by atoms with Crippen molar-refractivity contribution in [3.63, 3.8) is 0 Å². The Bertz CT molecular complexity index is 618. The third-order valence-electron chi connectivity index (χ3n) is 3.37. The highest BCUT2D eigenvalue weighted by molar-refractivity contribution is 8.00. The van der Waals surface area contributed by atoms with Crippen molar-refractivity contribution < 1.29 is 19.5 Å². The van der Waals surface area contributed by atoms with E-state index in [4.69, 9.17) is 5.11 Å². The quantitative estimate of drug-likeness (QED) is 0.855. The Hall–Kier alpha value is -2.02. The van der Waals surface area contributed by atoms with Crippen molar-refractivity contribution >= 4 is 35.2 Å². The maximum absolute atomic E-state index is 12.5. The van der Waals surface area contributed by atoms with Gasteiger partial charge in [-0.3, -0.25) is 14.4 Å². The predicted molar refractivity (Wildman–Crippen MR) is 88.6 cm³/mol. The van der Waals surface area contributed by atoms with Gasteiger partial charge in [0.05, 0.1) is 11.4 Å². The lowest BCUT2D eigenvalue weighted by molar-refractivity contribution is -0.144. The highest BCUT2D eigenvalue weighted by atomic mass is 32.2. The van der Waals surface area contributed by atoms with E-state index in [1.165, 1.54) is 21.6 Å². The topological polar surface area (TPSA) is 77.9 Å². The summed E-state index contributed by atoms with van der Waals surface area (Å²) in [7, 11) is 0. The Morgan fingerprint density at radius 1 is 1.35 bits per heavy atom. The Morgan fingerprint density at radius 2 is 2.04 bits per heavy atom. The Morgan fingerprint density at radius 3 is 2.70 bits per heavy atom. The van der Waals surface area contributed by atoms with Crippen molar-refractivity contribution in [1.29, 1.82) is 0 Å². The van der Waals surface area contributed by atoms with Crippen LogP contribution in [0.4, 0.5) is 5.69 Å². The summed E-state index contributed by atoms with van der Waals surface area (Å²) in [6, 6.07) is 7.42. The zero-order valence-corrected chi connectivity index (χ0v) is 14.0. The van der Waals surface area contributed by atoms with Gasteiger partial charge in [-0.15, -0.1) is 11.8 Å². The van der Waals surface area contributed by atoms with Crippen LogP contribution in [0.1, 0.15) is 13.8 Å². The second-order valence-corrected chi connectivity index (χ2v) is 6.82. The van der Waals surface area contributed by atoms with Crippen molar-refractivity contribution in [2.24, 2.45) is 5.92 Å². The fraction of sp³-hybridized carbons (Fsp3) is 0.438. The summed E-state index contributed by atoms with van der Waals surface area (Å²) in [5.41, 5.74) is 0.710. The lowest BCUT2D eigenvalue weighted by Gasteiger charge is -2.31. The molecule has 1 heterocycles. The van der Waals surface area contributed by atoms with E-state index in [0.29, 0.717) is 12.2 Å². The average molecular weight is 336 g/mol. The van der Waals surface area contributed by atoms with Gasteiger partial charge in [-0.25, -0.2) is 0 Å². The van der Waals surface area contributed by atoms with Gasteiger partial charge >= 0.3 is 5.97 Å². The molecule has 0 atom stereocenters. The van der Waals surface area contributed by atoms with Gasteiger partial charge in [0.25, 0.3) is 0 Å². The van der Waals surface area contributed by atoms with Crippen LogP contribution < -0.4 is 4.90 Å². The minimum absolute atomic E-state index is 0.129. The summed E-state index contributed by atoms with van der Waals surface area (Å²) in [5, 5.41) is 8.98. The minimum Gasteiger partial charge on any atom is -0.480 e. The molecule has 0 aromatic heterocycles. The number of benzene rings is 1. The number of fused-ring (bicyclic) bond motifs is 1. The summed E-state index contributed by atoms with van der Waals surface area (Å²) < 4.78 is 0. The average Bonchev–Trinajstić information content (AvgIpc) is 2.48. The molecule has 7 heteroatoms. The first-order valence-corrected chi connectivity index (χ1v) is 8.38. The molecule has 124 valence electrons. The first-order valence-electron chi connectivity index (χ1n) is 7.40. The molecule has 0 saturated heterocycles. The van der Waals surface area contributed by atoms with Gasteiger partial charge < -0.3 is 14.9 Å². The monoisotopic (exact) mass is 336 g/mol. The number of rotatable bonds is 6. The molecule has 2 amide bonds. The van der Waals surface area contributed by atoms with Crippen LogP contribution in [0.3, 0.4) is 0 Å². The van der Waals surface area contributed by atoms with E-state index in [1.54, 1.807) is 6.07 Å². The maximum atomic E-state index is 12.5. The Labute approximate surface area is 139 Å².